The van der Waals surface area contributed by atoms with Crippen molar-refractivity contribution < 1.29 is 14.0 Å². The van der Waals surface area contributed by atoms with Crippen LogP contribution in [0, 0.1) is 0 Å². The highest BCUT2D eigenvalue weighted by molar-refractivity contribution is 8.16. The third-order valence-electron chi connectivity index (χ3n) is 3.57. The molecule has 0 aromatic carbocycles. The van der Waals surface area contributed by atoms with Crippen molar-refractivity contribution in [3.63, 3.8) is 0 Å². The lowest BCUT2D eigenvalue weighted by Gasteiger charge is -2.23. The molecular formula is C16H20N2O4S. The highest BCUT2D eigenvalue weighted by Crippen LogP contribution is 2.29. The van der Waals surface area contributed by atoms with E-state index in [1.807, 2.05) is 6.92 Å². The number of carbonyl (C=O) groups is 2. The van der Waals surface area contributed by atoms with Crippen LogP contribution in [0.2, 0.25) is 0 Å². The molecule has 0 saturated carbocycles. The summed E-state index contributed by atoms with van der Waals surface area (Å²) in [6.07, 6.45) is 1.46. The fourth-order valence-corrected chi connectivity index (χ4v) is 3.36. The lowest BCUT2D eigenvalue weighted by molar-refractivity contribution is -0.125. The number of nitrogens with zero attached hydrogens (tertiary/aromatic N) is 1. The van der Waals surface area contributed by atoms with E-state index in [9.17, 15) is 14.4 Å². The van der Waals surface area contributed by atoms with E-state index in [0.29, 0.717) is 23.0 Å². The molecule has 2 atom stereocenters. The van der Waals surface area contributed by atoms with Crippen molar-refractivity contribution in [1.82, 2.24) is 5.32 Å². The molecule has 0 bridgehead atoms. The zero-order chi connectivity index (χ0) is 17.0. The van der Waals surface area contributed by atoms with Gasteiger partial charge in [-0.2, -0.15) is 0 Å². The molecule has 1 aromatic heterocycles. The van der Waals surface area contributed by atoms with Crippen LogP contribution in [0.3, 0.4) is 0 Å². The molecule has 124 valence electrons. The Morgan fingerprint density at radius 1 is 1.48 bits per heavy atom. The first-order chi connectivity index (χ1) is 10.9. The van der Waals surface area contributed by atoms with Crippen LogP contribution in [0.1, 0.15) is 45.4 Å². The molecule has 2 rings (SSSR count). The van der Waals surface area contributed by atoms with Crippen LogP contribution in [-0.4, -0.2) is 28.0 Å². The summed E-state index contributed by atoms with van der Waals surface area (Å²) in [7, 11) is 0. The number of rotatable bonds is 6. The maximum absolute atomic E-state index is 12.6. The van der Waals surface area contributed by atoms with Crippen LogP contribution in [0.5, 0.6) is 0 Å². The van der Waals surface area contributed by atoms with Crippen molar-refractivity contribution in [3.05, 3.63) is 34.4 Å². The number of ketones is 1. The van der Waals surface area contributed by atoms with Crippen molar-refractivity contribution in [2.45, 2.75) is 45.2 Å². The Labute approximate surface area is 138 Å². The second kappa shape index (κ2) is 7.12. The van der Waals surface area contributed by atoms with Crippen LogP contribution in [0.25, 0.3) is 0 Å². The fourth-order valence-electron chi connectivity index (χ4n) is 2.28. The van der Waals surface area contributed by atoms with Gasteiger partial charge in [-0.05, 0) is 19.4 Å². The number of Topliss-reactive ketones (excluding diaryl/α,β-unsaturated/α-hetero) is 1. The summed E-state index contributed by atoms with van der Waals surface area (Å²) in [5.74, 6) is 0.445. The monoisotopic (exact) mass is 336 g/mol. The quantitative estimate of drug-likeness (QED) is 0.859. The van der Waals surface area contributed by atoms with E-state index in [0.717, 1.165) is 6.42 Å². The van der Waals surface area contributed by atoms with Gasteiger partial charge in [0.15, 0.2) is 5.78 Å². The average Bonchev–Trinajstić information content (AvgIpc) is 2.91. The molecule has 1 aliphatic rings. The van der Waals surface area contributed by atoms with Gasteiger partial charge < -0.3 is 9.73 Å². The maximum atomic E-state index is 12.6. The molecule has 1 N–H and O–H groups in total. The first-order valence-electron chi connectivity index (χ1n) is 7.50. The molecule has 1 aliphatic heterocycles. The summed E-state index contributed by atoms with van der Waals surface area (Å²) in [5.41, 5.74) is -1.43. The molecule has 6 nitrogen and oxygen atoms in total. The van der Waals surface area contributed by atoms with E-state index in [4.69, 9.17) is 4.42 Å². The first kappa shape index (κ1) is 17.5. The molecule has 0 aliphatic carbocycles. The lowest BCUT2D eigenvalue weighted by atomic mass is 10.0. The minimum Gasteiger partial charge on any atom is -0.426 e. The van der Waals surface area contributed by atoms with Gasteiger partial charge in [-0.1, -0.05) is 19.4 Å². The van der Waals surface area contributed by atoms with E-state index in [1.165, 1.54) is 24.8 Å². The Bertz CT molecular complexity index is 697. The van der Waals surface area contributed by atoms with Gasteiger partial charge in [0.25, 0.3) is 0 Å². The van der Waals surface area contributed by atoms with Gasteiger partial charge in [0.05, 0.1) is 6.04 Å². The van der Waals surface area contributed by atoms with Gasteiger partial charge in [-0.3, -0.25) is 14.6 Å². The summed E-state index contributed by atoms with van der Waals surface area (Å²) in [6.45, 7) is 5.13. The molecule has 1 aromatic rings. The number of carbonyl (C=O) groups excluding carboxylic acids is 2. The Morgan fingerprint density at radius 2 is 2.22 bits per heavy atom. The first-order valence-corrected chi connectivity index (χ1v) is 8.49. The minimum absolute atomic E-state index is 0.134. The zero-order valence-corrected chi connectivity index (χ0v) is 14.2. The van der Waals surface area contributed by atoms with Crippen LogP contribution >= 0.6 is 11.8 Å². The van der Waals surface area contributed by atoms with Crippen LogP contribution < -0.4 is 10.9 Å². The Morgan fingerprint density at radius 3 is 2.78 bits per heavy atom. The Kier molecular flexibility index (Phi) is 5.41. The standard InChI is InChI=1S/C16H20N2O4S/c1-4-6-11(12-7-5-8-13(20)22-12)17-15(21)16(3)9-23-14(18-16)10(2)19/h5,7-8,11H,4,6,9H2,1-3H3,(H,17,21)/t11-,16+/m1/s1. The number of hydrogen-bond donors (Lipinski definition) is 1. The highest BCUT2D eigenvalue weighted by Gasteiger charge is 2.40. The van der Waals surface area contributed by atoms with E-state index in [-0.39, 0.29) is 17.7 Å². The summed E-state index contributed by atoms with van der Waals surface area (Å²) < 4.78 is 5.18. The van der Waals surface area contributed by atoms with Gasteiger partial charge in [-0.25, -0.2) is 4.79 Å². The predicted molar refractivity (Wildman–Crippen MR) is 89.7 cm³/mol. The fraction of sp³-hybridized carbons (Fsp3) is 0.500. The van der Waals surface area contributed by atoms with Gasteiger partial charge in [-0.15, -0.1) is 11.8 Å². The third-order valence-corrected chi connectivity index (χ3v) is 4.92. The van der Waals surface area contributed by atoms with E-state index in [2.05, 4.69) is 10.3 Å². The number of nitrogens with one attached hydrogen (secondary N) is 1. The van der Waals surface area contributed by atoms with Crippen LogP contribution in [0.15, 0.2) is 32.4 Å². The summed E-state index contributed by atoms with van der Waals surface area (Å²) in [4.78, 5) is 39.7. The largest absolute Gasteiger partial charge is 0.426 e. The number of aliphatic imine (C=N–C) groups is 1. The third kappa shape index (κ3) is 4.10. The molecule has 0 unspecified atom stereocenters. The Balaban J connectivity index is 2.19. The lowest BCUT2D eigenvalue weighted by Crippen LogP contribution is -2.45. The molecule has 1 amide bonds. The summed E-state index contributed by atoms with van der Waals surface area (Å²) in [5, 5.41) is 3.28. The zero-order valence-electron chi connectivity index (χ0n) is 13.4. The minimum atomic E-state index is -0.979. The van der Waals surface area contributed by atoms with Gasteiger partial charge in [0, 0.05) is 18.7 Å². The van der Waals surface area contributed by atoms with Crippen molar-refractivity contribution >= 4 is 28.5 Å². The van der Waals surface area contributed by atoms with Crippen molar-refractivity contribution in [1.29, 1.82) is 0 Å². The van der Waals surface area contributed by atoms with E-state index >= 15 is 0 Å². The normalized spacial score (nSPS) is 21.6. The molecule has 0 saturated heterocycles. The molecule has 23 heavy (non-hydrogen) atoms. The predicted octanol–water partition coefficient (Wildman–Crippen LogP) is 2.09. The SMILES string of the molecule is CCC[C@@H](NC(=O)[C@]1(C)CSC(C(C)=O)=N1)c1cccc(=O)o1. The highest BCUT2D eigenvalue weighted by atomic mass is 32.2. The maximum Gasteiger partial charge on any atom is 0.335 e. The summed E-state index contributed by atoms with van der Waals surface area (Å²) in [6, 6.07) is 4.22. The van der Waals surface area contributed by atoms with Gasteiger partial charge >= 0.3 is 5.63 Å². The molecule has 0 radical (unpaired) electrons. The van der Waals surface area contributed by atoms with Gasteiger partial charge in [0.2, 0.25) is 5.91 Å². The second-order valence-corrected chi connectivity index (χ2v) is 6.66. The van der Waals surface area contributed by atoms with Crippen molar-refractivity contribution in [2.24, 2.45) is 4.99 Å². The molecule has 7 heteroatoms. The molecule has 0 spiro atoms. The number of hydrogen-bond acceptors (Lipinski definition) is 6. The average molecular weight is 336 g/mol. The smallest absolute Gasteiger partial charge is 0.335 e. The van der Waals surface area contributed by atoms with E-state index in [1.54, 1.807) is 19.1 Å². The van der Waals surface area contributed by atoms with Gasteiger partial charge in [0.1, 0.15) is 16.3 Å². The molecule has 0 fully saturated rings. The topological polar surface area (TPSA) is 88.7 Å². The van der Waals surface area contributed by atoms with Crippen molar-refractivity contribution in [2.75, 3.05) is 5.75 Å². The second-order valence-electron chi connectivity index (χ2n) is 5.70. The van der Waals surface area contributed by atoms with Crippen LogP contribution in [0.4, 0.5) is 0 Å². The van der Waals surface area contributed by atoms with Crippen molar-refractivity contribution in [3.8, 4) is 0 Å². The number of thioether (sulfide) groups is 1. The Hall–Kier alpha value is -1.89. The number of amides is 1. The molecule has 2 heterocycles. The summed E-state index contributed by atoms with van der Waals surface area (Å²) >= 11 is 1.29. The van der Waals surface area contributed by atoms with Crippen LogP contribution in [-0.2, 0) is 9.59 Å². The molecular weight excluding hydrogens is 316 g/mol. The van der Waals surface area contributed by atoms with E-state index < -0.39 is 11.2 Å².